The molecule has 2 rings (SSSR count). The van der Waals surface area contributed by atoms with E-state index in [1.54, 1.807) is 18.2 Å². The van der Waals surface area contributed by atoms with Gasteiger partial charge in [0, 0.05) is 0 Å². The summed E-state index contributed by atoms with van der Waals surface area (Å²) in [6, 6.07) is 19.5. The standard InChI is InChI=1S/C17H17NO/c1-2-17(13-18,12-14-7-4-3-5-8-14)15-9-6-10-16(19)11-15/h3-11,19H,2,12H2,1H3. The number of nitriles is 1. The van der Waals surface area contributed by atoms with E-state index >= 15 is 0 Å². The average molecular weight is 251 g/mol. The van der Waals surface area contributed by atoms with Crippen LogP contribution < -0.4 is 0 Å². The molecule has 0 bridgehead atoms. The number of rotatable bonds is 4. The summed E-state index contributed by atoms with van der Waals surface area (Å²) in [5, 5.41) is 19.3. The molecule has 0 radical (unpaired) electrons. The van der Waals surface area contributed by atoms with Gasteiger partial charge in [0.25, 0.3) is 0 Å². The molecular formula is C17H17NO. The Hall–Kier alpha value is -2.27. The molecule has 96 valence electrons. The van der Waals surface area contributed by atoms with Crippen LogP contribution in [0, 0.1) is 11.3 Å². The summed E-state index contributed by atoms with van der Waals surface area (Å²) < 4.78 is 0. The van der Waals surface area contributed by atoms with Gasteiger partial charge in [-0.2, -0.15) is 5.26 Å². The van der Waals surface area contributed by atoms with Gasteiger partial charge in [0.1, 0.15) is 5.75 Å². The summed E-state index contributed by atoms with van der Waals surface area (Å²) in [5.41, 5.74) is 1.43. The molecule has 0 aliphatic carbocycles. The molecule has 0 amide bonds. The van der Waals surface area contributed by atoms with Crippen LogP contribution in [0.3, 0.4) is 0 Å². The normalized spacial score (nSPS) is 13.5. The molecule has 1 unspecified atom stereocenters. The second-order valence-electron chi connectivity index (χ2n) is 4.76. The minimum Gasteiger partial charge on any atom is -0.508 e. The quantitative estimate of drug-likeness (QED) is 0.898. The van der Waals surface area contributed by atoms with Crippen LogP contribution in [0.15, 0.2) is 54.6 Å². The lowest BCUT2D eigenvalue weighted by Gasteiger charge is -2.26. The van der Waals surface area contributed by atoms with Crippen molar-refractivity contribution in [2.24, 2.45) is 0 Å². The lowest BCUT2D eigenvalue weighted by atomic mass is 9.75. The highest BCUT2D eigenvalue weighted by molar-refractivity contribution is 5.39. The summed E-state index contributed by atoms with van der Waals surface area (Å²) in [4.78, 5) is 0. The van der Waals surface area contributed by atoms with E-state index in [1.807, 2.05) is 43.3 Å². The predicted octanol–water partition coefficient (Wildman–Crippen LogP) is 3.81. The van der Waals surface area contributed by atoms with Crippen molar-refractivity contribution < 1.29 is 5.11 Å². The first-order valence-corrected chi connectivity index (χ1v) is 6.45. The first kappa shape index (κ1) is 13.2. The molecule has 0 fully saturated rings. The predicted molar refractivity (Wildman–Crippen MR) is 75.8 cm³/mol. The number of nitrogens with zero attached hydrogens (tertiary/aromatic N) is 1. The van der Waals surface area contributed by atoms with Crippen molar-refractivity contribution in [3.63, 3.8) is 0 Å². The molecule has 0 heterocycles. The Morgan fingerprint density at radius 2 is 1.84 bits per heavy atom. The molecule has 0 saturated carbocycles. The van der Waals surface area contributed by atoms with Gasteiger partial charge in [-0.15, -0.1) is 0 Å². The lowest BCUT2D eigenvalue weighted by Crippen LogP contribution is -2.26. The van der Waals surface area contributed by atoms with E-state index in [-0.39, 0.29) is 5.75 Å². The van der Waals surface area contributed by atoms with Crippen molar-refractivity contribution in [3.8, 4) is 11.8 Å². The van der Waals surface area contributed by atoms with Crippen LogP contribution >= 0.6 is 0 Å². The Morgan fingerprint density at radius 1 is 1.11 bits per heavy atom. The van der Waals surface area contributed by atoms with Crippen molar-refractivity contribution in [1.29, 1.82) is 5.26 Å². The number of benzene rings is 2. The molecule has 0 aliphatic rings. The number of phenolic OH excluding ortho intramolecular Hbond substituents is 1. The Bertz CT molecular complexity index is 586. The van der Waals surface area contributed by atoms with Crippen LogP contribution in [0.4, 0.5) is 0 Å². The number of aromatic hydroxyl groups is 1. The van der Waals surface area contributed by atoms with Gasteiger partial charge in [-0.3, -0.25) is 0 Å². The van der Waals surface area contributed by atoms with Gasteiger partial charge in [0.05, 0.1) is 11.5 Å². The van der Waals surface area contributed by atoms with Crippen molar-refractivity contribution in [2.75, 3.05) is 0 Å². The highest BCUT2D eigenvalue weighted by Gasteiger charge is 2.30. The Kier molecular flexibility index (Phi) is 3.87. The summed E-state index contributed by atoms with van der Waals surface area (Å²) >= 11 is 0. The summed E-state index contributed by atoms with van der Waals surface area (Å²) in [6.45, 7) is 2.01. The van der Waals surface area contributed by atoms with Crippen LogP contribution in [0.5, 0.6) is 5.75 Å². The molecule has 0 spiro atoms. The van der Waals surface area contributed by atoms with Crippen LogP contribution in [-0.4, -0.2) is 5.11 Å². The van der Waals surface area contributed by atoms with Gasteiger partial charge >= 0.3 is 0 Å². The maximum Gasteiger partial charge on any atom is 0.115 e. The first-order chi connectivity index (χ1) is 9.20. The molecule has 1 atom stereocenters. The van der Waals surface area contributed by atoms with E-state index in [0.717, 1.165) is 11.1 Å². The molecule has 0 saturated heterocycles. The molecule has 2 heteroatoms. The maximum absolute atomic E-state index is 9.65. The molecule has 2 aromatic carbocycles. The van der Waals surface area contributed by atoms with E-state index in [4.69, 9.17) is 0 Å². The maximum atomic E-state index is 9.65. The largest absolute Gasteiger partial charge is 0.508 e. The smallest absolute Gasteiger partial charge is 0.115 e. The molecule has 2 aromatic rings. The summed E-state index contributed by atoms with van der Waals surface area (Å²) in [6.07, 6.45) is 1.37. The highest BCUT2D eigenvalue weighted by atomic mass is 16.3. The fraction of sp³-hybridized carbons (Fsp3) is 0.235. The van der Waals surface area contributed by atoms with Crippen molar-refractivity contribution in [1.82, 2.24) is 0 Å². The SMILES string of the molecule is CCC(C#N)(Cc1ccccc1)c1cccc(O)c1. The van der Waals surface area contributed by atoms with Gasteiger partial charge in [0.15, 0.2) is 0 Å². The summed E-state index contributed by atoms with van der Waals surface area (Å²) in [7, 11) is 0. The van der Waals surface area contributed by atoms with Crippen molar-refractivity contribution in [3.05, 3.63) is 65.7 Å². The minimum absolute atomic E-state index is 0.207. The van der Waals surface area contributed by atoms with Gasteiger partial charge in [-0.1, -0.05) is 49.4 Å². The third-order valence-corrected chi connectivity index (χ3v) is 3.57. The van der Waals surface area contributed by atoms with E-state index < -0.39 is 5.41 Å². The van der Waals surface area contributed by atoms with Crippen molar-refractivity contribution in [2.45, 2.75) is 25.2 Å². The average Bonchev–Trinajstić information content (AvgIpc) is 2.46. The molecule has 19 heavy (non-hydrogen) atoms. The number of phenols is 1. The van der Waals surface area contributed by atoms with E-state index in [0.29, 0.717) is 12.8 Å². The van der Waals surface area contributed by atoms with Gasteiger partial charge in [-0.05, 0) is 36.1 Å². The minimum atomic E-state index is -0.583. The highest BCUT2D eigenvalue weighted by Crippen LogP contribution is 2.33. The van der Waals surface area contributed by atoms with Gasteiger partial charge in [0.2, 0.25) is 0 Å². The zero-order valence-electron chi connectivity index (χ0n) is 11.0. The fourth-order valence-electron chi connectivity index (χ4n) is 2.36. The molecule has 0 aromatic heterocycles. The first-order valence-electron chi connectivity index (χ1n) is 6.45. The summed E-state index contributed by atoms with van der Waals surface area (Å²) in [5.74, 6) is 0.207. The lowest BCUT2D eigenvalue weighted by molar-refractivity contribution is 0.468. The Labute approximate surface area is 114 Å². The Morgan fingerprint density at radius 3 is 2.42 bits per heavy atom. The molecule has 0 aliphatic heterocycles. The second kappa shape index (κ2) is 5.58. The van der Waals surface area contributed by atoms with E-state index in [2.05, 4.69) is 6.07 Å². The van der Waals surface area contributed by atoms with Crippen LogP contribution in [0.25, 0.3) is 0 Å². The second-order valence-corrected chi connectivity index (χ2v) is 4.76. The van der Waals surface area contributed by atoms with Crippen LogP contribution in [-0.2, 0) is 11.8 Å². The molecular weight excluding hydrogens is 234 g/mol. The fourth-order valence-corrected chi connectivity index (χ4v) is 2.36. The van der Waals surface area contributed by atoms with E-state index in [1.165, 1.54) is 0 Å². The topological polar surface area (TPSA) is 44.0 Å². The Balaban J connectivity index is 2.41. The zero-order valence-corrected chi connectivity index (χ0v) is 11.0. The van der Waals surface area contributed by atoms with Crippen LogP contribution in [0.1, 0.15) is 24.5 Å². The van der Waals surface area contributed by atoms with E-state index in [9.17, 15) is 10.4 Å². The van der Waals surface area contributed by atoms with Crippen molar-refractivity contribution >= 4 is 0 Å². The molecule has 1 N–H and O–H groups in total. The van der Waals surface area contributed by atoms with Gasteiger partial charge < -0.3 is 5.11 Å². The third-order valence-electron chi connectivity index (χ3n) is 3.57. The third kappa shape index (κ3) is 2.77. The number of hydrogen-bond acceptors (Lipinski definition) is 2. The monoisotopic (exact) mass is 251 g/mol. The zero-order chi connectivity index (χ0) is 13.7. The molecule has 2 nitrogen and oxygen atoms in total. The number of hydrogen-bond donors (Lipinski definition) is 1. The van der Waals surface area contributed by atoms with Gasteiger partial charge in [-0.25, -0.2) is 0 Å². The van der Waals surface area contributed by atoms with Crippen LogP contribution in [0.2, 0.25) is 0 Å².